The van der Waals surface area contributed by atoms with Gasteiger partial charge in [-0.3, -0.25) is 9.59 Å². The second kappa shape index (κ2) is 10.3. The van der Waals surface area contributed by atoms with E-state index >= 15 is 0 Å². The molecule has 5 nitrogen and oxygen atoms in total. The highest BCUT2D eigenvalue weighted by Crippen LogP contribution is 2.36. The third-order valence-corrected chi connectivity index (χ3v) is 5.03. The molecule has 1 aromatic rings. The summed E-state index contributed by atoms with van der Waals surface area (Å²) in [6.07, 6.45) is 8.68. The minimum Gasteiger partial charge on any atom is -0.496 e. The zero-order valence-electron chi connectivity index (χ0n) is 16.5. The van der Waals surface area contributed by atoms with Gasteiger partial charge in [0.25, 0.3) is 0 Å². The highest BCUT2D eigenvalue weighted by atomic mass is 16.5. The summed E-state index contributed by atoms with van der Waals surface area (Å²) in [6.45, 7) is 2.19. The number of Topliss-reactive ketones (excluding diaryl/α,β-unsaturated/α-hetero) is 1. The van der Waals surface area contributed by atoms with Crippen molar-refractivity contribution in [3.8, 4) is 11.5 Å². The average Bonchev–Trinajstić information content (AvgIpc) is 2.68. The maximum Gasteiger partial charge on any atom is 0.196 e. The van der Waals surface area contributed by atoms with E-state index in [-0.39, 0.29) is 28.3 Å². The average molecular weight is 374 g/mol. The molecule has 0 spiro atoms. The Hall–Kier alpha value is -2.14. The molecule has 5 heteroatoms. The van der Waals surface area contributed by atoms with Crippen LogP contribution in [0.25, 0.3) is 0 Å². The Morgan fingerprint density at radius 2 is 1.44 bits per heavy atom. The molecular formula is C22H30O5. The van der Waals surface area contributed by atoms with Crippen LogP contribution in [0.2, 0.25) is 0 Å². The van der Waals surface area contributed by atoms with Crippen LogP contribution in [0.4, 0.5) is 0 Å². The summed E-state index contributed by atoms with van der Waals surface area (Å²) in [5, 5.41) is 10.5. The number of benzene rings is 1. The van der Waals surface area contributed by atoms with Gasteiger partial charge in [0, 0.05) is 5.57 Å². The number of hydrogen-bond donors (Lipinski definition) is 1. The maximum absolute atomic E-state index is 12.9. The van der Waals surface area contributed by atoms with E-state index < -0.39 is 6.10 Å². The van der Waals surface area contributed by atoms with Crippen LogP contribution in [0.3, 0.4) is 0 Å². The first-order chi connectivity index (χ1) is 13.0. The van der Waals surface area contributed by atoms with Crippen molar-refractivity contribution in [3.63, 3.8) is 0 Å². The van der Waals surface area contributed by atoms with Crippen LogP contribution in [0.1, 0.15) is 79.0 Å². The van der Waals surface area contributed by atoms with Crippen LogP contribution >= 0.6 is 0 Å². The highest BCUT2D eigenvalue weighted by molar-refractivity contribution is 6.27. The third-order valence-electron chi connectivity index (χ3n) is 5.03. The van der Waals surface area contributed by atoms with Crippen LogP contribution in [0.5, 0.6) is 11.5 Å². The van der Waals surface area contributed by atoms with Crippen molar-refractivity contribution >= 4 is 11.6 Å². The molecule has 1 N–H and O–H groups in total. The number of carbonyl (C=O) groups is 2. The number of hydrogen-bond acceptors (Lipinski definition) is 5. The van der Waals surface area contributed by atoms with Gasteiger partial charge in [0.05, 0.1) is 31.5 Å². The van der Waals surface area contributed by atoms with Crippen molar-refractivity contribution in [1.82, 2.24) is 0 Å². The Bertz CT molecular complexity index is 705. The van der Waals surface area contributed by atoms with Gasteiger partial charge < -0.3 is 14.6 Å². The van der Waals surface area contributed by atoms with E-state index in [0.717, 1.165) is 19.3 Å². The van der Waals surface area contributed by atoms with Gasteiger partial charge in [0.15, 0.2) is 11.6 Å². The molecule has 1 atom stereocenters. The van der Waals surface area contributed by atoms with E-state index in [9.17, 15) is 14.7 Å². The van der Waals surface area contributed by atoms with Crippen molar-refractivity contribution in [2.24, 2.45) is 0 Å². The molecule has 0 saturated heterocycles. The van der Waals surface area contributed by atoms with Gasteiger partial charge in [-0.15, -0.1) is 0 Å². The number of allylic oxidation sites excluding steroid dienone is 1. The molecule has 0 aliphatic heterocycles. The normalized spacial score (nSPS) is 14.6. The molecule has 0 radical (unpaired) electrons. The Labute approximate surface area is 161 Å². The fourth-order valence-electron chi connectivity index (χ4n) is 3.50. The molecule has 1 aromatic carbocycles. The van der Waals surface area contributed by atoms with E-state index in [0.29, 0.717) is 17.9 Å². The largest absolute Gasteiger partial charge is 0.496 e. The van der Waals surface area contributed by atoms with E-state index in [2.05, 4.69) is 6.92 Å². The van der Waals surface area contributed by atoms with Crippen molar-refractivity contribution in [1.29, 1.82) is 0 Å². The molecule has 0 bridgehead atoms. The van der Waals surface area contributed by atoms with E-state index in [1.165, 1.54) is 46.0 Å². The molecular weight excluding hydrogens is 344 g/mol. The molecule has 0 amide bonds. The van der Waals surface area contributed by atoms with Crippen LogP contribution in [0, 0.1) is 0 Å². The lowest BCUT2D eigenvalue weighted by atomic mass is 9.84. The standard InChI is InChI=1S/C22H30O5/c1-4-5-6-7-8-9-10-11-16(23)15-14-17(24)20-18(26-2)12-13-19(27-3)21(20)22(15)25/h12-14,16,23H,4-11H2,1-3H3. The molecule has 0 fully saturated rings. The lowest BCUT2D eigenvalue weighted by Crippen LogP contribution is -2.26. The first kappa shape index (κ1) is 21.2. The molecule has 0 aromatic heterocycles. The molecule has 1 aliphatic rings. The lowest BCUT2D eigenvalue weighted by molar-refractivity contribution is 0.0936. The molecule has 1 unspecified atom stereocenters. The summed E-state index contributed by atoms with van der Waals surface area (Å²) in [5.74, 6) is -0.0522. The van der Waals surface area contributed by atoms with Crippen LogP contribution in [-0.4, -0.2) is 37.0 Å². The molecule has 0 saturated carbocycles. The maximum atomic E-state index is 12.9. The van der Waals surface area contributed by atoms with Crippen molar-refractivity contribution < 1.29 is 24.2 Å². The quantitative estimate of drug-likeness (QED) is 0.577. The van der Waals surface area contributed by atoms with Gasteiger partial charge in [-0.05, 0) is 24.6 Å². The fraction of sp³-hybridized carbons (Fsp3) is 0.545. The number of ketones is 2. The number of fused-ring (bicyclic) bond motifs is 1. The second-order valence-electron chi connectivity index (χ2n) is 6.94. The summed E-state index contributed by atoms with van der Waals surface area (Å²) in [6, 6.07) is 3.21. The number of ether oxygens (including phenoxy) is 2. The van der Waals surface area contributed by atoms with Crippen molar-refractivity contribution in [2.45, 2.75) is 64.4 Å². The Morgan fingerprint density at radius 1 is 0.889 bits per heavy atom. The zero-order valence-corrected chi connectivity index (χ0v) is 16.5. The second-order valence-corrected chi connectivity index (χ2v) is 6.94. The Kier molecular flexibility index (Phi) is 8.04. The number of aliphatic hydroxyl groups excluding tert-OH is 1. The van der Waals surface area contributed by atoms with Crippen LogP contribution in [0.15, 0.2) is 23.8 Å². The fourth-order valence-corrected chi connectivity index (χ4v) is 3.50. The molecule has 0 heterocycles. The third kappa shape index (κ3) is 4.98. The van der Waals surface area contributed by atoms with E-state index in [1.54, 1.807) is 12.1 Å². The number of rotatable bonds is 11. The lowest BCUT2D eigenvalue weighted by Gasteiger charge is -2.22. The van der Waals surface area contributed by atoms with E-state index in [1.807, 2.05) is 0 Å². The van der Waals surface area contributed by atoms with Crippen LogP contribution < -0.4 is 9.47 Å². The van der Waals surface area contributed by atoms with Gasteiger partial charge in [-0.1, -0.05) is 51.9 Å². The molecule has 2 rings (SSSR count). The minimum absolute atomic E-state index is 0.144. The number of methoxy groups -OCH3 is 2. The zero-order chi connectivity index (χ0) is 19.8. The number of carbonyl (C=O) groups excluding carboxylic acids is 2. The topological polar surface area (TPSA) is 72.8 Å². The van der Waals surface area contributed by atoms with Gasteiger partial charge >= 0.3 is 0 Å². The number of unbranched alkanes of at least 4 members (excludes halogenated alkanes) is 6. The van der Waals surface area contributed by atoms with Gasteiger partial charge in [0.2, 0.25) is 0 Å². The van der Waals surface area contributed by atoms with Gasteiger partial charge in [-0.25, -0.2) is 0 Å². The molecule has 1 aliphatic carbocycles. The predicted octanol–water partition coefficient (Wildman–Crippen LogP) is 4.51. The summed E-state index contributed by atoms with van der Waals surface area (Å²) in [5.41, 5.74) is 0.525. The summed E-state index contributed by atoms with van der Waals surface area (Å²) >= 11 is 0. The summed E-state index contributed by atoms with van der Waals surface area (Å²) < 4.78 is 10.5. The summed E-state index contributed by atoms with van der Waals surface area (Å²) in [4.78, 5) is 25.5. The predicted molar refractivity (Wildman–Crippen MR) is 105 cm³/mol. The minimum atomic E-state index is -0.943. The summed E-state index contributed by atoms with van der Waals surface area (Å²) in [7, 11) is 2.90. The first-order valence-electron chi connectivity index (χ1n) is 9.78. The molecule has 148 valence electrons. The monoisotopic (exact) mass is 374 g/mol. The SMILES string of the molecule is CCCCCCCCCC(O)C1=CC(=O)c2c(OC)ccc(OC)c2C1=O. The van der Waals surface area contributed by atoms with Crippen molar-refractivity contribution in [3.05, 3.63) is 34.9 Å². The van der Waals surface area contributed by atoms with E-state index in [4.69, 9.17) is 9.47 Å². The van der Waals surface area contributed by atoms with Gasteiger partial charge in [0.1, 0.15) is 11.5 Å². The highest BCUT2D eigenvalue weighted by Gasteiger charge is 2.34. The van der Waals surface area contributed by atoms with Crippen molar-refractivity contribution in [2.75, 3.05) is 14.2 Å². The Morgan fingerprint density at radius 3 is 2.04 bits per heavy atom. The Balaban J connectivity index is 2.06. The first-order valence-corrected chi connectivity index (χ1v) is 9.78. The number of aliphatic hydroxyl groups is 1. The van der Waals surface area contributed by atoms with Gasteiger partial charge in [-0.2, -0.15) is 0 Å². The molecule has 27 heavy (non-hydrogen) atoms. The smallest absolute Gasteiger partial charge is 0.196 e. The van der Waals surface area contributed by atoms with Crippen LogP contribution in [-0.2, 0) is 0 Å².